The van der Waals surface area contributed by atoms with Gasteiger partial charge in [0, 0.05) is 17.8 Å². The molecule has 1 saturated carbocycles. The summed E-state index contributed by atoms with van der Waals surface area (Å²) in [5, 5.41) is 3.56. The molecule has 0 spiro atoms. The molecule has 1 aliphatic rings. The summed E-state index contributed by atoms with van der Waals surface area (Å²) < 4.78 is 5.06. The highest BCUT2D eigenvalue weighted by Gasteiger charge is 2.38. The van der Waals surface area contributed by atoms with Gasteiger partial charge in [0.05, 0.1) is 7.11 Å². The highest BCUT2D eigenvalue weighted by molar-refractivity contribution is 5.26. The highest BCUT2D eigenvalue weighted by atomic mass is 16.5. The van der Waals surface area contributed by atoms with E-state index >= 15 is 0 Å². The number of ether oxygens (including phenoxy) is 1. The second-order valence-corrected chi connectivity index (χ2v) is 5.87. The van der Waals surface area contributed by atoms with Gasteiger partial charge in [0.15, 0.2) is 0 Å². The van der Waals surface area contributed by atoms with Gasteiger partial charge in [0.25, 0.3) is 0 Å². The van der Waals surface area contributed by atoms with Crippen LogP contribution in [0.2, 0.25) is 0 Å². The van der Waals surface area contributed by atoms with Crippen LogP contribution >= 0.6 is 0 Å². The van der Waals surface area contributed by atoms with Gasteiger partial charge >= 0.3 is 0 Å². The van der Waals surface area contributed by atoms with E-state index < -0.39 is 0 Å². The Hall–Kier alpha value is -1.09. The van der Waals surface area contributed by atoms with E-state index in [2.05, 4.69) is 37.1 Å². The molecule has 0 aromatic carbocycles. The summed E-state index contributed by atoms with van der Waals surface area (Å²) in [6, 6.07) is 4.08. The molecule has 2 rings (SSSR count). The van der Waals surface area contributed by atoms with Crippen molar-refractivity contribution >= 4 is 0 Å². The van der Waals surface area contributed by atoms with Crippen LogP contribution in [-0.4, -0.2) is 24.2 Å². The molecule has 2 unspecified atom stereocenters. The number of rotatable bonds is 4. The van der Waals surface area contributed by atoms with Crippen molar-refractivity contribution in [3.8, 4) is 5.88 Å². The van der Waals surface area contributed by atoms with Gasteiger partial charge in [-0.3, -0.25) is 0 Å². The molecule has 3 nitrogen and oxygen atoms in total. The van der Waals surface area contributed by atoms with Crippen LogP contribution in [0.5, 0.6) is 5.88 Å². The third-order valence-electron chi connectivity index (χ3n) is 3.21. The number of pyridine rings is 1. The predicted molar refractivity (Wildman–Crippen MR) is 69.4 cm³/mol. The monoisotopic (exact) mass is 234 g/mol. The Labute approximate surface area is 104 Å². The third-order valence-corrected chi connectivity index (χ3v) is 3.21. The van der Waals surface area contributed by atoms with Crippen LogP contribution in [0, 0.1) is 5.92 Å². The van der Waals surface area contributed by atoms with Crippen molar-refractivity contribution in [2.45, 2.75) is 38.6 Å². The first kappa shape index (κ1) is 12.4. The third kappa shape index (κ3) is 3.43. The van der Waals surface area contributed by atoms with Crippen LogP contribution in [0.3, 0.4) is 0 Å². The summed E-state index contributed by atoms with van der Waals surface area (Å²) in [6.45, 7) is 7.72. The number of nitrogens with one attached hydrogen (secondary N) is 1. The molecule has 1 N–H and O–H groups in total. The van der Waals surface area contributed by atoms with Crippen molar-refractivity contribution < 1.29 is 4.74 Å². The Balaban J connectivity index is 1.85. The van der Waals surface area contributed by atoms with Crippen LogP contribution in [0.15, 0.2) is 18.3 Å². The first-order valence-corrected chi connectivity index (χ1v) is 6.24. The minimum Gasteiger partial charge on any atom is -0.481 e. The van der Waals surface area contributed by atoms with Gasteiger partial charge in [-0.1, -0.05) is 6.07 Å². The largest absolute Gasteiger partial charge is 0.481 e. The summed E-state index contributed by atoms with van der Waals surface area (Å²) in [4.78, 5) is 4.26. The van der Waals surface area contributed by atoms with Crippen molar-refractivity contribution in [1.82, 2.24) is 10.3 Å². The van der Waals surface area contributed by atoms with E-state index in [0.29, 0.717) is 11.8 Å². The highest BCUT2D eigenvalue weighted by Crippen LogP contribution is 2.47. The van der Waals surface area contributed by atoms with Gasteiger partial charge in [0.2, 0.25) is 5.88 Å². The molecule has 1 heterocycles. The lowest BCUT2D eigenvalue weighted by molar-refractivity contribution is 0.397. The summed E-state index contributed by atoms with van der Waals surface area (Å²) >= 11 is 0. The Bertz CT molecular complexity index is 367. The van der Waals surface area contributed by atoms with Gasteiger partial charge in [-0.05, 0) is 51.1 Å². The quantitative estimate of drug-likeness (QED) is 0.869. The Kier molecular flexibility index (Phi) is 3.38. The van der Waals surface area contributed by atoms with E-state index in [1.54, 1.807) is 7.11 Å². The summed E-state index contributed by atoms with van der Waals surface area (Å²) in [5.74, 6) is 2.14. The van der Waals surface area contributed by atoms with Gasteiger partial charge < -0.3 is 10.1 Å². The molecule has 0 amide bonds. The van der Waals surface area contributed by atoms with E-state index in [0.717, 1.165) is 12.5 Å². The zero-order chi connectivity index (χ0) is 12.5. The smallest absolute Gasteiger partial charge is 0.212 e. The Morgan fingerprint density at radius 2 is 2.18 bits per heavy atom. The van der Waals surface area contributed by atoms with Crippen LogP contribution in [0.25, 0.3) is 0 Å². The minimum absolute atomic E-state index is 0.214. The maximum absolute atomic E-state index is 5.06. The van der Waals surface area contributed by atoms with Gasteiger partial charge in [-0.15, -0.1) is 0 Å². The first-order chi connectivity index (χ1) is 7.99. The summed E-state index contributed by atoms with van der Waals surface area (Å²) in [7, 11) is 1.65. The van der Waals surface area contributed by atoms with Crippen LogP contribution in [0.1, 0.15) is 38.7 Å². The fourth-order valence-corrected chi connectivity index (χ4v) is 2.05. The lowest BCUT2D eigenvalue weighted by atomic mass is 10.1. The number of methoxy groups -OCH3 is 1. The van der Waals surface area contributed by atoms with Crippen LogP contribution in [0.4, 0.5) is 0 Å². The maximum Gasteiger partial charge on any atom is 0.212 e. The zero-order valence-corrected chi connectivity index (χ0v) is 11.2. The molecule has 0 bridgehead atoms. The molecule has 2 atom stereocenters. The Morgan fingerprint density at radius 1 is 1.41 bits per heavy atom. The minimum atomic E-state index is 0.214. The number of aromatic nitrogens is 1. The van der Waals surface area contributed by atoms with Crippen molar-refractivity contribution in [2.75, 3.05) is 13.7 Å². The van der Waals surface area contributed by atoms with Gasteiger partial charge in [-0.25, -0.2) is 4.98 Å². The molecule has 94 valence electrons. The van der Waals surface area contributed by atoms with Crippen LogP contribution < -0.4 is 10.1 Å². The summed E-state index contributed by atoms with van der Waals surface area (Å²) in [6.07, 6.45) is 3.22. The molecular formula is C14H22N2O. The molecular weight excluding hydrogens is 212 g/mol. The molecule has 1 fully saturated rings. The van der Waals surface area contributed by atoms with E-state index in [-0.39, 0.29) is 5.54 Å². The van der Waals surface area contributed by atoms with Crippen molar-refractivity contribution in [3.63, 3.8) is 0 Å². The van der Waals surface area contributed by atoms with Gasteiger partial charge in [0.1, 0.15) is 0 Å². The topological polar surface area (TPSA) is 34.1 Å². The molecule has 17 heavy (non-hydrogen) atoms. The maximum atomic E-state index is 5.06. The molecule has 0 radical (unpaired) electrons. The predicted octanol–water partition coefficient (Wildman–Crippen LogP) is 2.58. The average molecular weight is 234 g/mol. The zero-order valence-electron chi connectivity index (χ0n) is 11.2. The van der Waals surface area contributed by atoms with Crippen LogP contribution in [-0.2, 0) is 0 Å². The van der Waals surface area contributed by atoms with Crippen molar-refractivity contribution in [1.29, 1.82) is 0 Å². The lowest BCUT2D eigenvalue weighted by Gasteiger charge is -2.20. The van der Waals surface area contributed by atoms with Gasteiger partial charge in [-0.2, -0.15) is 0 Å². The molecule has 1 aromatic rings. The van der Waals surface area contributed by atoms with Crippen molar-refractivity contribution in [3.05, 3.63) is 23.9 Å². The summed E-state index contributed by atoms with van der Waals surface area (Å²) in [5.41, 5.74) is 1.55. The number of hydrogen-bond donors (Lipinski definition) is 1. The SMILES string of the molecule is COc1ccc(C2CC2CNC(C)(C)C)cn1. The molecule has 0 saturated heterocycles. The molecule has 1 aliphatic carbocycles. The fraction of sp³-hybridized carbons (Fsp3) is 0.643. The average Bonchev–Trinajstić information content (AvgIpc) is 3.05. The standard InChI is InChI=1S/C14H22N2O/c1-14(2,3)16-9-11-7-12(11)10-5-6-13(17-4)15-8-10/h5-6,8,11-12,16H,7,9H2,1-4H3. The lowest BCUT2D eigenvalue weighted by Crippen LogP contribution is -2.37. The second-order valence-electron chi connectivity index (χ2n) is 5.87. The van der Waals surface area contributed by atoms with E-state index in [9.17, 15) is 0 Å². The number of hydrogen-bond acceptors (Lipinski definition) is 3. The normalized spacial score (nSPS) is 23.5. The van der Waals surface area contributed by atoms with E-state index in [1.165, 1.54) is 12.0 Å². The van der Waals surface area contributed by atoms with E-state index in [1.807, 2.05) is 12.3 Å². The van der Waals surface area contributed by atoms with E-state index in [4.69, 9.17) is 4.74 Å². The van der Waals surface area contributed by atoms with Crippen molar-refractivity contribution in [2.24, 2.45) is 5.92 Å². The fourth-order valence-electron chi connectivity index (χ4n) is 2.05. The second kappa shape index (κ2) is 4.65. The molecule has 0 aliphatic heterocycles. The Morgan fingerprint density at radius 3 is 2.71 bits per heavy atom. The molecule has 3 heteroatoms. The molecule has 1 aromatic heterocycles. The number of nitrogens with zero attached hydrogens (tertiary/aromatic N) is 1. The first-order valence-electron chi connectivity index (χ1n) is 6.24.